The third-order valence-corrected chi connectivity index (χ3v) is 8.98. The predicted molar refractivity (Wildman–Crippen MR) is 161 cm³/mol. The number of benzene rings is 3. The molecule has 1 saturated heterocycles. The fraction of sp³-hybridized carbons (Fsp3) is 0.375. The van der Waals surface area contributed by atoms with Crippen molar-refractivity contribution in [2.75, 3.05) is 66.9 Å². The van der Waals surface area contributed by atoms with Gasteiger partial charge in [-0.05, 0) is 41.5 Å². The molecule has 0 aromatic heterocycles. The molecule has 1 amide bonds. The minimum absolute atomic E-state index is 0.0173. The summed E-state index contributed by atoms with van der Waals surface area (Å²) in [5.41, 5.74) is 4.29. The molecule has 0 saturated carbocycles. The Morgan fingerprint density at radius 1 is 0.881 bits per heavy atom. The van der Waals surface area contributed by atoms with Gasteiger partial charge in [0.25, 0.3) is 5.91 Å². The molecule has 0 aliphatic carbocycles. The molecule has 2 aliphatic rings. The number of thioether (sulfide) groups is 1. The third-order valence-electron chi connectivity index (χ3n) is 7.72. The van der Waals surface area contributed by atoms with Gasteiger partial charge in [-0.15, -0.1) is 11.8 Å². The fourth-order valence-corrected chi connectivity index (χ4v) is 6.84. The average molecular weight is 593 g/mol. The predicted octanol–water partition coefficient (Wildman–Crippen LogP) is 4.67. The molecule has 1 atom stereocenters. The van der Waals surface area contributed by atoms with Gasteiger partial charge in [-0.25, -0.2) is 4.79 Å². The standard InChI is InChI=1S/C32H36N2O7S/c1-37-27-12-10-24(28(38-2)29(27)39-3)31(35)34-15-13-33(14-16-34)17-18-42-30-23-8-6-5-7-22(23)20-41-26-11-9-21(19-25(26)30)32(36)40-4/h5-12,19,30H,13-18,20H2,1-4H3. The summed E-state index contributed by atoms with van der Waals surface area (Å²) in [5, 5.41) is 0.0173. The maximum absolute atomic E-state index is 13.4. The number of carbonyl (C=O) groups excluding carboxylic acids is 2. The van der Waals surface area contributed by atoms with Crippen molar-refractivity contribution in [1.29, 1.82) is 0 Å². The van der Waals surface area contributed by atoms with Crippen LogP contribution in [0, 0.1) is 0 Å². The number of rotatable bonds is 9. The quantitative estimate of drug-likeness (QED) is 0.329. The molecule has 3 aromatic carbocycles. The number of fused-ring (bicyclic) bond motifs is 2. The van der Waals surface area contributed by atoms with Gasteiger partial charge in [0.15, 0.2) is 11.5 Å². The third kappa shape index (κ3) is 6.00. The Balaban J connectivity index is 1.24. The number of carbonyl (C=O) groups is 2. The Bertz CT molecular complexity index is 1440. The van der Waals surface area contributed by atoms with Crippen LogP contribution in [0.3, 0.4) is 0 Å². The van der Waals surface area contributed by atoms with E-state index in [1.165, 1.54) is 26.9 Å². The Morgan fingerprint density at radius 2 is 1.64 bits per heavy atom. The van der Waals surface area contributed by atoms with Crippen molar-refractivity contribution in [2.45, 2.75) is 11.9 Å². The summed E-state index contributed by atoms with van der Waals surface area (Å²) in [7, 11) is 6.00. The maximum Gasteiger partial charge on any atom is 0.337 e. The van der Waals surface area contributed by atoms with Crippen LogP contribution in [-0.4, -0.2) is 88.6 Å². The Hall–Kier alpha value is -3.89. The zero-order valence-electron chi connectivity index (χ0n) is 24.4. The summed E-state index contributed by atoms with van der Waals surface area (Å²) in [5.74, 6) is 2.51. The van der Waals surface area contributed by atoms with E-state index < -0.39 is 0 Å². The molecule has 3 aromatic rings. The summed E-state index contributed by atoms with van der Waals surface area (Å²) >= 11 is 1.84. The van der Waals surface area contributed by atoms with Gasteiger partial charge in [0.05, 0.1) is 44.8 Å². The van der Waals surface area contributed by atoms with Crippen molar-refractivity contribution in [3.8, 4) is 23.0 Å². The zero-order valence-corrected chi connectivity index (χ0v) is 25.2. The zero-order chi connectivity index (χ0) is 29.6. The Labute approximate surface area is 250 Å². The first-order valence-electron chi connectivity index (χ1n) is 13.8. The number of hydrogen-bond donors (Lipinski definition) is 0. The normalized spacial score (nSPS) is 16.4. The molecule has 0 N–H and O–H groups in total. The van der Waals surface area contributed by atoms with Crippen LogP contribution in [0.1, 0.15) is 42.7 Å². The Morgan fingerprint density at radius 3 is 2.36 bits per heavy atom. The summed E-state index contributed by atoms with van der Waals surface area (Å²) < 4.78 is 27.5. The highest BCUT2D eigenvalue weighted by molar-refractivity contribution is 7.99. The second-order valence-corrected chi connectivity index (χ2v) is 11.2. The minimum Gasteiger partial charge on any atom is -0.493 e. The van der Waals surface area contributed by atoms with E-state index in [0.29, 0.717) is 48.1 Å². The summed E-state index contributed by atoms with van der Waals surface area (Å²) in [6.45, 7) is 4.14. The molecular formula is C32H36N2O7S. The van der Waals surface area contributed by atoms with Crippen LogP contribution < -0.4 is 18.9 Å². The highest BCUT2D eigenvalue weighted by Crippen LogP contribution is 2.45. The van der Waals surface area contributed by atoms with Crippen molar-refractivity contribution < 1.29 is 33.3 Å². The molecule has 10 heteroatoms. The first-order chi connectivity index (χ1) is 20.5. The molecule has 0 radical (unpaired) electrons. The van der Waals surface area contributed by atoms with Gasteiger partial charge in [0.2, 0.25) is 5.75 Å². The monoisotopic (exact) mass is 592 g/mol. The largest absolute Gasteiger partial charge is 0.493 e. The van der Waals surface area contributed by atoms with E-state index in [1.54, 1.807) is 25.3 Å². The summed E-state index contributed by atoms with van der Waals surface area (Å²) in [4.78, 5) is 30.0. The SMILES string of the molecule is COC(=O)c1ccc2c(c1)C(SCCN1CCN(C(=O)c3ccc(OC)c(OC)c3OC)CC1)c1ccccc1CO2. The average Bonchev–Trinajstić information content (AvgIpc) is 3.20. The van der Waals surface area contributed by atoms with E-state index in [-0.39, 0.29) is 17.1 Å². The van der Waals surface area contributed by atoms with Gasteiger partial charge < -0.3 is 28.6 Å². The molecule has 2 aliphatic heterocycles. The fourth-order valence-electron chi connectivity index (χ4n) is 5.47. The molecule has 2 heterocycles. The van der Waals surface area contributed by atoms with Gasteiger partial charge in [0, 0.05) is 44.0 Å². The minimum atomic E-state index is -0.364. The van der Waals surface area contributed by atoms with E-state index >= 15 is 0 Å². The van der Waals surface area contributed by atoms with E-state index in [0.717, 1.165) is 42.3 Å². The molecule has 1 fully saturated rings. The van der Waals surface area contributed by atoms with Crippen molar-refractivity contribution in [3.63, 3.8) is 0 Å². The van der Waals surface area contributed by atoms with Crippen LogP contribution in [0.15, 0.2) is 54.6 Å². The van der Waals surface area contributed by atoms with Crippen molar-refractivity contribution in [2.24, 2.45) is 0 Å². The topological polar surface area (TPSA) is 86.8 Å². The second-order valence-electron chi connectivity index (χ2n) is 10.00. The molecule has 0 spiro atoms. The number of ether oxygens (including phenoxy) is 5. The lowest BCUT2D eigenvalue weighted by Crippen LogP contribution is -2.49. The molecular weight excluding hydrogens is 556 g/mol. The van der Waals surface area contributed by atoms with E-state index in [2.05, 4.69) is 17.0 Å². The number of amides is 1. The lowest BCUT2D eigenvalue weighted by Gasteiger charge is -2.35. The van der Waals surface area contributed by atoms with Crippen LogP contribution in [0.25, 0.3) is 0 Å². The number of esters is 1. The molecule has 5 rings (SSSR count). The summed E-state index contributed by atoms with van der Waals surface area (Å²) in [6.07, 6.45) is 0. The van der Waals surface area contributed by atoms with Crippen LogP contribution in [0.4, 0.5) is 0 Å². The van der Waals surface area contributed by atoms with E-state index in [4.69, 9.17) is 23.7 Å². The van der Waals surface area contributed by atoms with Crippen LogP contribution in [0.2, 0.25) is 0 Å². The van der Waals surface area contributed by atoms with Crippen LogP contribution >= 0.6 is 11.8 Å². The van der Waals surface area contributed by atoms with Gasteiger partial charge in [-0.3, -0.25) is 9.69 Å². The lowest BCUT2D eigenvalue weighted by atomic mass is 9.98. The first-order valence-corrected chi connectivity index (χ1v) is 14.9. The van der Waals surface area contributed by atoms with Gasteiger partial charge >= 0.3 is 5.97 Å². The van der Waals surface area contributed by atoms with Gasteiger partial charge in [-0.2, -0.15) is 0 Å². The Kier molecular flexibility index (Phi) is 9.44. The van der Waals surface area contributed by atoms with Crippen molar-refractivity contribution in [3.05, 3.63) is 82.4 Å². The van der Waals surface area contributed by atoms with E-state index in [9.17, 15) is 9.59 Å². The molecule has 0 bridgehead atoms. The molecule has 1 unspecified atom stereocenters. The summed E-state index contributed by atoms with van der Waals surface area (Å²) in [6, 6.07) is 17.3. The number of piperazine rings is 1. The molecule has 9 nitrogen and oxygen atoms in total. The van der Waals surface area contributed by atoms with Crippen LogP contribution in [-0.2, 0) is 11.3 Å². The number of hydrogen-bond acceptors (Lipinski definition) is 9. The molecule has 42 heavy (non-hydrogen) atoms. The maximum atomic E-state index is 13.4. The van der Waals surface area contributed by atoms with Crippen molar-refractivity contribution in [1.82, 2.24) is 9.80 Å². The lowest BCUT2D eigenvalue weighted by molar-refractivity contribution is 0.0599. The highest BCUT2D eigenvalue weighted by Gasteiger charge is 2.29. The smallest absolute Gasteiger partial charge is 0.337 e. The van der Waals surface area contributed by atoms with Crippen molar-refractivity contribution >= 4 is 23.6 Å². The van der Waals surface area contributed by atoms with E-state index in [1.807, 2.05) is 40.9 Å². The second kappa shape index (κ2) is 13.4. The van der Waals surface area contributed by atoms with Crippen LogP contribution in [0.5, 0.6) is 23.0 Å². The van der Waals surface area contributed by atoms with Gasteiger partial charge in [-0.1, -0.05) is 24.3 Å². The first kappa shape index (κ1) is 29.6. The number of methoxy groups -OCH3 is 4. The number of nitrogens with zero attached hydrogens (tertiary/aromatic N) is 2. The van der Waals surface area contributed by atoms with Gasteiger partial charge in [0.1, 0.15) is 12.4 Å². The highest BCUT2D eigenvalue weighted by atomic mass is 32.2. The molecule has 222 valence electrons.